The molecule has 1 amide bonds. The number of hydrogen-bond acceptors (Lipinski definition) is 3. The predicted octanol–water partition coefficient (Wildman–Crippen LogP) is 1.71. The molecule has 1 aliphatic heterocycles. The molecule has 0 saturated carbocycles. The smallest absolute Gasteiger partial charge is 0.257 e. The molecule has 1 fully saturated rings. The van der Waals surface area contributed by atoms with Gasteiger partial charge in [-0.05, 0) is 38.6 Å². The number of hydrogen-bond donors (Lipinski definition) is 1. The van der Waals surface area contributed by atoms with Gasteiger partial charge >= 0.3 is 0 Å². The fraction of sp³-hybridized carbons (Fsp3) is 0.500. The van der Waals surface area contributed by atoms with Crippen molar-refractivity contribution in [2.75, 3.05) is 32.9 Å². The van der Waals surface area contributed by atoms with E-state index >= 15 is 0 Å². The number of nitrogen functional groups attached to an aromatic ring is 1. The van der Waals surface area contributed by atoms with Gasteiger partial charge in [0.25, 0.3) is 5.91 Å². The van der Waals surface area contributed by atoms with Gasteiger partial charge in [-0.1, -0.05) is 0 Å². The van der Waals surface area contributed by atoms with Crippen LogP contribution in [0.2, 0.25) is 0 Å². The minimum absolute atomic E-state index is 0.00476. The zero-order valence-electron chi connectivity index (χ0n) is 11.7. The van der Waals surface area contributed by atoms with Crippen LogP contribution in [-0.4, -0.2) is 48.9 Å². The zero-order chi connectivity index (χ0) is 14.9. The van der Waals surface area contributed by atoms with E-state index in [1.165, 1.54) is 4.90 Å². The van der Waals surface area contributed by atoms with Gasteiger partial charge in [0.05, 0.1) is 11.3 Å². The molecule has 0 aliphatic carbocycles. The molecule has 0 radical (unpaired) electrons. The Morgan fingerprint density at radius 3 is 2.80 bits per heavy atom. The van der Waals surface area contributed by atoms with Crippen molar-refractivity contribution in [1.82, 2.24) is 9.80 Å². The Morgan fingerprint density at radius 2 is 2.15 bits per heavy atom. The number of nitrogens with zero attached hydrogens (tertiary/aromatic N) is 2. The third-order valence-corrected chi connectivity index (χ3v) is 3.76. The topological polar surface area (TPSA) is 49.6 Å². The van der Waals surface area contributed by atoms with Crippen LogP contribution in [0.4, 0.5) is 14.5 Å². The van der Waals surface area contributed by atoms with Gasteiger partial charge in [0.15, 0.2) is 5.82 Å². The van der Waals surface area contributed by atoms with Gasteiger partial charge in [-0.25, -0.2) is 8.78 Å². The van der Waals surface area contributed by atoms with E-state index in [1.807, 2.05) is 7.05 Å². The summed E-state index contributed by atoms with van der Waals surface area (Å²) in [4.78, 5) is 15.9. The summed E-state index contributed by atoms with van der Waals surface area (Å²) in [6.07, 6.45) is 1.84. The fourth-order valence-electron chi connectivity index (χ4n) is 2.58. The van der Waals surface area contributed by atoms with Crippen molar-refractivity contribution in [1.29, 1.82) is 0 Å². The summed E-state index contributed by atoms with van der Waals surface area (Å²) < 4.78 is 27.2. The van der Waals surface area contributed by atoms with E-state index in [9.17, 15) is 13.6 Å². The van der Waals surface area contributed by atoms with Crippen LogP contribution in [0.5, 0.6) is 0 Å². The molecule has 6 heteroatoms. The first kappa shape index (κ1) is 14.7. The van der Waals surface area contributed by atoms with Crippen molar-refractivity contribution >= 4 is 11.6 Å². The zero-order valence-corrected chi connectivity index (χ0v) is 11.7. The fourth-order valence-corrected chi connectivity index (χ4v) is 2.58. The second-order valence-corrected chi connectivity index (χ2v) is 5.33. The molecule has 2 N–H and O–H groups in total. The van der Waals surface area contributed by atoms with Gasteiger partial charge in [-0.2, -0.15) is 0 Å². The highest BCUT2D eigenvalue weighted by Crippen LogP contribution is 2.21. The molecule has 110 valence electrons. The number of carbonyl (C=O) groups excluding carboxylic acids is 1. The second kappa shape index (κ2) is 5.75. The largest absolute Gasteiger partial charge is 0.396 e. The van der Waals surface area contributed by atoms with E-state index in [1.54, 1.807) is 7.05 Å². The molecule has 2 rings (SSSR count). The third kappa shape index (κ3) is 2.90. The Balaban J connectivity index is 2.22. The van der Waals surface area contributed by atoms with E-state index in [4.69, 9.17) is 5.73 Å². The highest BCUT2D eigenvalue weighted by molar-refractivity contribution is 5.95. The normalized spacial score (nSPS) is 19.9. The molecule has 1 aromatic rings. The number of anilines is 1. The number of halogens is 2. The summed E-state index contributed by atoms with van der Waals surface area (Å²) in [5.41, 5.74) is 4.71. The van der Waals surface area contributed by atoms with Gasteiger partial charge in [0.1, 0.15) is 5.82 Å². The number of likely N-dealkylation sites (tertiary alicyclic amines) is 1. The molecule has 0 aromatic heterocycles. The van der Waals surface area contributed by atoms with Crippen LogP contribution in [-0.2, 0) is 0 Å². The van der Waals surface area contributed by atoms with Crippen LogP contribution in [0.3, 0.4) is 0 Å². The number of amides is 1. The van der Waals surface area contributed by atoms with Crippen LogP contribution < -0.4 is 5.73 Å². The Bertz CT molecular complexity index is 521. The Morgan fingerprint density at radius 1 is 1.45 bits per heavy atom. The van der Waals surface area contributed by atoms with Crippen molar-refractivity contribution in [2.24, 2.45) is 0 Å². The Kier molecular flexibility index (Phi) is 4.23. The maximum absolute atomic E-state index is 13.9. The molecule has 1 unspecified atom stereocenters. The van der Waals surface area contributed by atoms with E-state index in [0.717, 1.165) is 38.1 Å². The molecule has 0 bridgehead atoms. The number of likely N-dealkylation sites (N-methyl/N-ethyl adjacent to an activating group) is 2. The first-order chi connectivity index (χ1) is 9.40. The molecule has 0 spiro atoms. The highest BCUT2D eigenvalue weighted by Gasteiger charge is 2.27. The lowest BCUT2D eigenvalue weighted by atomic mass is 10.0. The van der Waals surface area contributed by atoms with Gasteiger partial charge in [0, 0.05) is 19.6 Å². The third-order valence-electron chi connectivity index (χ3n) is 3.76. The number of benzene rings is 1. The van der Waals surface area contributed by atoms with E-state index in [-0.39, 0.29) is 17.3 Å². The molecule has 1 aromatic carbocycles. The minimum atomic E-state index is -0.854. The van der Waals surface area contributed by atoms with Crippen molar-refractivity contribution in [3.8, 4) is 0 Å². The van der Waals surface area contributed by atoms with Crippen LogP contribution in [0.15, 0.2) is 12.1 Å². The van der Waals surface area contributed by atoms with Crippen LogP contribution in [0.1, 0.15) is 23.2 Å². The lowest BCUT2D eigenvalue weighted by Gasteiger charge is -2.36. The summed E-state index contributed by atoms with van der Waals surface area (Å²) in [6, 6.07) is 1.78. The number of rotatable bonds is 2. The average Bonchev–Trinajstić information content (AvgIpc) is 2.41. The Hall–Kier alpha value is -1.69. The lowest BCUT2D eigenvalue weighted by Crippen LogP contribution is -2.47. The van der Waals surface area contributed by atoms with Crippen molar-refractivity contribution in [3.05, 3.63) is 29.3 Å². The van der Waals surface area contributed by atoms with Crippen LogP contribution >= 0.6 is 0 Å². The summed E-state index contributed by atoms with van der Waals surface area (Å²) in [5, 5.41) is 0. The SMILES string of the molecule is CN1CCCC(N(C)C(=O)c2cc(F)cc(N)c2F)C1. The summed E-state index contributed by atoms with van der Waals surface area (Å²) in [5.74, 6) is -2.09. The van der Waals surface area contributed by atoms with Crippen molar-refractivity contribution < 1.29 is 13.6 Å². The van der Waals surface area contributed by atoms with E-state index < -0.39 is 17.5 Å². The second-order valence-electron chi connectivity index (χ2n) is 5.33. The maximum Gasteiger partial charge on any atom is 0.257 e. The van der Waals surface area contributed by atoms with Crippen LogP contribution in [0, 0.1) is 11.6 Å². The first-order valence-electron chi connectivity index (χ1n) is 6.60. The predicted molar refractivity (Wildman–Crippen MR) is 73.4 cm³/mol. The monoisotopic (exact) mass is 283 g/mol. The molecule has 4 nitrogen and oxygen atoms in total. The van der Waals surface area contributed by atoms with Crippen LogP contribution in [0.25, 0.3) is 0 Å². The maximum atomic E-state index is 13.9. The van der Waals surface area contributed by atoms with E-state index in [0.29, 0.717) is 0 Å². The molecule has 20 heavy (non-hydrogen) atoms. The molecule has 1 aliphatic rings. The molecule has 1 atom stereocenters. The van der Waals surface area contributed by atoms with Gasteiger partial charge in [-0.3, -0.25) is 4.79 Å². The molecular formula is C14H19F2N3O. The molecule has 1 heterocycles. The number of carbonyl (C=O) groups is 1. The summed E-state index contributed by atoms with van der Waals surface area (Å²) in [7, 11) is 3.60. The minimum Gasteiger partial charge on any atom is -0.396 e. The highest BCUT2D eigenvalue weighted by atomic mass is 19.1. The van der Waals surface area contributed by atoms with E-state index in [2.05, 4.69) is 4.90 Å². The van der Waals surface area contributed by atoms with Crippen molar-refractivity contribution in [3.63, 3.8) is 0 Å². The quantitative estimate of drug-likeness (QED) is 0.841. The Labute approximate surface area is 117 Å². The number of piperidine rings is 1. The number of nitrogens with two attached hydrogens (primary N) is 1. The van der Waals surface area contributed by atoms with Crippen molar-refractivity contribution in [2.45, 2.75) is 18.9 Å². The molecule has 1 saturated heterocycles. The standard InChI is InChI=1S/C14H19F2N3O/c1-18-5-3-4-10(8-18)19(2)14(20)11-6-9(15)7-12(17)13(11)16/h6-7,10H,3-5,8,17H2,1-2H3. The lowest BCUT2D eigenvalue weighted by molar-refractivity contribution is 0.0639. The summed E-state index contributed by atoms with van der Waals surface area (Å²) >= 11 is 0. The van der Waals surface area contributed by atoms with Gasteiger partial charge in [0.2, 0.25) is 0 Å². The summed E-state index contributed by atoms with van der Waals surface area (Å²) in [6.45, 7) is 1.72. The first-order valence-corrected chi connectivity index (χ1v) is 6.60. The van der Waals surface area contributed by atoms with Gasteiger partial charge in [-0.15, -0.1) is 0 Å². The van der Waals surface area contributed by atoms with Gasteiger partial charge < -0.3 is 15.5 Å². The molecular weight excluding hydrogens is 264 g/mol. The average molecular weight is 283 g/mol.